The fourth-order valence-corrected chi connectivity index (χ4v) is 5.14. The van der Waals surface area contributed by atoms with Crippen LogP contribution in [0.2, 0.25) is 0 Å². The van der Waals surface area contributed by atoms with E-state index in [1.165, 1.54) is 6.42 Å². The number of fused-ring (bicyclic) bond motifs is 2. The fourth-order valence-electron chi connectivity index (χ4n) is 5.14. The van der Waals surface area contributed by atoms with Crippen molar-refractivity contribution in [1.29, 1.82) is 0 Å². The lowest BCUT2D eigenvalue weighted by Crippen LogP contribution is -2.62. The standard InChI is InChI=1S/C25H27N3O2/c29-23(18-9-3-1-4-10-18)25(24(30)26-20-12-5-2-6-13-20)16-15-22-27-21-14-8-7-11-19(21)17-28(22)25/h1,3-4,7-11,14,20H,2,5-6,12-13,15-17H2,(H,26,30). The van der Waals surface area contributed by atoms with Gasteiger partial charge in [-0.05, 0) is 30.9 Å². The van der Waals surface area contributed by atoms with Crippen LogP contribution in [0.1, 0.15) is 60.9 Å². The molecule has 2 heterocycles. The molecule has 0 spiro atoms. The highest BCUT2D eigenvalue weighted by Crippen LogP contribution is 2.41. The number of amides is 1. The third-order valence-corrected chi connectivity index (χ3v) is 6.78. The maximum Gasteiger partial charge on any atom is 0.254 e. The van der Waals surface area contributed by atoms with Crippen molar-refractivity contribution in [3.05, 3.63) is 65.7 Å². The molecule has 2 aliphatic heterocycles. The quantitative estimate of drug-likeness (QED) is 0.610. The number of nitrogens with one attached hydrogen (secondary N) is 1. The summed E-state index contributed by atoms with van der Waals surface area (Å²) in [5.41, 5.74) is 1.35. The molecular weight excluding hydrogens is 374 g/mol. The zero-order valence-electron chi connectivity index (χ0n) is 17.1. The highest BCUT2D eigenvalue weighted by Gasteiger charge is 2.56. The second kappa shape index (κ2) is 7.71. The summed E-state index contributed by atoms with van der Waals surface area (Å²) >= 11 is 0. The van der Waals surface area contributed by atoms with Crippen LogP contribution in [-0.2, 0) is 11.3 Å². The molecule has 5 rings (SSSR count). The summed E-state index contributed by atoms with van der Waals surface area (Å²) < 4.78 is 0. The van der Waals surface area contributed by atoms with Crippen molar-refractivity contribution in [3.8, 4) is 0 Å². The summed E-state index contributed by atoms with van der Waals surface area (Å²) in [4.78, 5) is 34.4. The van der Waals surface area contributed by atoms with Gasteiger partial charge in [-0.1, -0.05) is 67.8 Å². The number of amidine groups is 1. The molecule has 1 amide bonds. The molecule has 1 unspecified atom stereocenters. The molecule has 1 N–H and O–H groups in total. The van der Waals surface area contributed by atoms with Gasteiger partial charge in [0.05, 0.1) is 5.69 Å². The number of benzene rings is 2. The van der Waals surface area contributed by atoms with Gasteiger partial charge in [-0.25, -0.2) is 4.99 Å². The molecule has 1 aliphatic carbocycles. The van der Waals surface area contributed by atoms with E-state index in [1.807, 2.05) is 59.5 Å². The monoisotopic (exact) mass is 401 g/mol. The van der Waals surface area contributed by atoms with Crippen molar-refractivity contribution in [2.45, 2.75) is 63.1 Å². The zero-order valence-corrected chi connectivity index (χ0v) is 17.1. The van der Waals surface area contributed by atoms with Crippen LogP contribution in [0, 0.1) is 0 Å². The number of Topliss-reactive ketones (excluding diaryl/α,β-unsaturated/α-hetero) is 1. The summed E-state index contributed by atoms with van der Waals surface area (Å²) in [6.07, 6.45) is 6.57. The first-order valence-corrected chi connectivity index (χ1v) is 11.0. The van der Waals surface area contributed by atoms with Crippen molar-refractivity contribution in [2.24, 2.45) is 4.99 Å². The third-order valence-electron chi connectivity index (χ3n) is 6.78. The summed E-state index contributed by atoms with van der Waals surface area (Å²) in [5, 5.41) is 3.25. The molecule has 5 nitrogen and oxygen atoms in total. The summed E-state index contributed by atoms with van der Waals surface area (Å²) in [5.74, 6) is 0.561. The van der Waals surface area contributed by atoms with Gasteiger partial charge in [-0.2, -0.15) is 0 Å². The van der Waals surface area contributed by atoms with Crippen molar-refractivity contribution in [1.82, 2.24) is 10.2 Å². The predicted molar refractivity (Wildman–Crippen MR) is 117 cm³/mol. The van der Waals surface area contributed by atoms with Crippen molar-refractivity contribution in [2.75, 3.05) is 0 Å². The highest BCUT2D eigenvalue weighted by molar-refractivity contribution is 6.21. The molecule has 1 saturated carbocycles. The van der Waals surface area contributed by atoms with Crippen LogP contribution in [-0.4, -0.2) is 34.0 Å². The van der Waals surface area contributed by atoms with Crippen molar-refractivity contribution >= 4 is 23.2 Å². The molecule has 1 atom stereocenters. The molecular formula is C25H27N3O2. The Kier molecular flexibility index (Phi) is 4.89. The molecule has 2 fully saturated rings. The topological polar surface area (TPSA) is 61.8 Å². The summed E-state index contributed by atoms with van der Waals surface area (Å²) in [6.45, 7) is 0.533. The van der Waals surface area contributed by atoms with Crippen molar-refractivity contribution in [3.63, 3.8) is 0 Å². The fraction of sp³-hybridized carbons (Fsp3) is 0.400. The second-order valence-electron chi connectivity index (χ2n) is 8.61. The van der Waals surface area contributed by atoms with Gasteiger partial charge in [0.15, 0.2) is 11.3 Å². The van der Waals surface area contributed by atoms with Crippen LogP contribution >= 0.6 is 0 Å². The molecule has 0 radical (unpaired) electrons. The molecule has 0 bridgehead atoms. The number of hydrogen-bond donors (Lipinski definition) is 1. The molecule has 2 aromatic carbocycles. The van der Waals surface area contributed by atoms with Gasteiger partial charge in [0.1, 0.15) is 5.84 Å². The third kappa shape index (κ3) is 3.13. The van der Waals surface area contributed by atoms with Gasteiger partial charge >= 0.3 is 0 Å². The van der Waals surface area contributed by atoms with E-state index >= 15 is 0 Å². The smallest absolute Gasteiger partial charge is 0.254 e. The normalized spacial score (nSPS) is 23.3. The summed E-state index contributed by atoms with van der Waals surface area (Å²) in [7, 11) is 0. The maximum atomic E-state index is 13.9. The lowest BCUT2D eigenvalue weighted by Gasteiger charge is -2.40. The maximum absolute atomic E-state index is 13.9. The van der Waals surface area contributed by atoms with Gasteiger partial charge in [-0.3, -0.25) is 9.59 Å². The lowest BCUT2D eigenvalue weighted by atomic mass is 9.84. The average molecular weight is 402 g/mol. The van der Waals surface area contributed by atoms with E-state index in [-0.39, 0.29) is 17.7 Å². The van der Waals surface area contributed by atoms with Crippen LogP contribution in [0.5, 0.6) is 0 Å². The van der Waals surface area contributed by atoms with E-state index < -0.39 is 5.54 Å². The van der Waals surface area contributed by atoms with Crippen LogP contribution in [0.25, 0.3) is 0 Å². The second-order valence-corrected chi connectivity index (χ2v) is 8.61. The van der Waals surface area contributed by atoms with E-state index in [4.69, 9.17) is 4.99 Å². The number of hydrogen-bond acceptors (Lipinski definition) is 4. The Morgan fingerprint density at radius 2 is 1.70 bits per heavy atom. The number of nitrogens with zero attached hydrogens (tertiary/aromatic N) is 2. The van der Waals surface area contributed by atoms with E-state index in [2.05, 4.69) is 5.32 Å². The molecule has 5 heteroatoms. The van der Waals surface area contributed by atoms with Gasteiger partial charge in [0.25, 0.3) is 5.91 Å². The van der Waals surface area contributed by atoms with E-state index in [1.54, 1.807) is 0 Å². The largest absolute Gasteiger partial charge is 0.351 e. The Labute approximate surface area is 177 Å². The van der Waals surface area contributed by atoms with Gasteiger partial charge in [0, 0.05) is 24.6 Å². The number of para-hydroxylation sites is 1. The molecule has 154 valence electrons. The van der Waals surface area contributed by atoms with E-state index in [0.29, 0.717) is 24.9 Å². The van der Waals surface area contributed by atoms with E-state index in [9.17, 15) is 9.59 Å². The molecule has 30 heavy (non-hydrogen) atoms. The summed E-state index contributed by atoms with van der Waals surface area (Å²) in [6, 6.07) is 17.4. The molecule has 1 saturated heterocycles. The van der Waals surface area contributed by atoms with Crippen LogP contribution in [0.4, 0.5) is 5.69 Å². The molecule has 0 aromatic heterocycles. The van der Waals surface area contributed by atoms with Gasteiger partial charge in [0.2, 0.25) is 0 Å². The average Bonchev–Trinajstić information content (AvgIpc) is 3.17. The Balaban J connectivity index is 1.54. The predicted octanol–water partition coefficient (Wildman–Crippen LogP) is 4.40. The number of carbonyl (C=O) groups excluding carboxylic acids is 2. The lowest BCUT2D eigenvalue weighted by molar-refractivity contribution is -0.129. The molecule has 2 aromatic rings. The Bertz CT molecular complexity index is 994. The minimum atomic E-state index is -1.23. The number of ketones is 1. The Morgan fingerprint density at radius 3 is 2.50 bits per heavy atom. The first-order chi connectivity index (χ1) is 14.7. The van der Waals surface area contributed by atoms with Gasteiger partial charge in [-0.15, -0.1) is 0 Å². The number of aliphatic imine (C=N–C) groups is 1. The minimum Gasteiger partial charge on any atom is -0.351 e. The Morgan fingerprint density at radius 1 is 0.967 bits per heavy atom. The highest BCUT2D eigenvalue weighted by atomic mass is 16.2. The van der Waals surface area contributed by atoms with Gasteiger partial charge < -0.3 is 10.2 Å². The van der Waals surface area contributed by atoms with E-state index in [0.717, 1.165) is 42.8 Å². The van der Waals surface area contributed by atoms with Crippen LogP contribution in [0.15, 0.2) is 59.6 Å². The SMILES string of the molecule is O=C(NC1CCCCC1)C1(C(=O)c2ccccc2)CCC2=Nc3ccccc3CN21. The first-order valence-electron chi connectivity index (χ1n) is 11.0. The number of rotatable bonds is 4. The zero-order chi connectivity index (χ0) is 20.6. The Hall–Kier alpha value is -2.95. The first kappa shape index (κ1) is 19.0. The number of carbonyl (C=O) groups is 2. The van der Waals surface area contributed by atoms with Crippen LogP contribution < -0.4 is 5.32 Å². The molecule has 3 aliphatic rings. The van der Waals surface area contributed by atoms with Crippen LogP contribution in [0.3, 0.4) is 0 Å². The minimum absolute atomic E-state index is 0.124. The van der Waals surface area contributed by atoms with Crippen molar-refractivity contribution < 1.29 is 9.59 Å².